The first-order valence-electron chi connectivity index (χ1n) is 8.08. The van der Waals surface area contributed by atoms with Gasteiger partial charge in [-0.25, -0.2) is 0 Å². The Bertz CT molecular complexity index is 262. The number of morpholine rings is 1. The van der Waals surface area contributed by atoms with Crippen LogP contribution in [0.5, 0.6) is 0 Å². The van der Waals surface area contributed by atoms with Crippen molar-refractivity contribution in [2.75, 3.05) is 13.1 Å². The van der Waals surface area contributed by atoms with E-state index in [0.717, 1.165) is 31.8 Å². The van der Waals surface area contributed by atoms with Crippen LogP contribution in [0.15, 0.2) is 0 Å². The third-order valence-electron chi connectivity index (χ3n) is 5.45. The van der Waals surface area contributed by atoms with E-state index >= 15 is 0 Å². The van der Waals surface area contributed by atoms with Crippen LogP contribution in [0.25, 0.3) is 0 Å². The van der Waals surface area contributed by atoms with Crippen LogP contribution in [0.2, 0.25) is 0 Å². The minimum atomic E-state index is 0.101. The second-order valence-corrected chi connectivity index (χ2v) is 6.48. The van der Waals surface area contributed by atoms with Gasteiger partial charge in [-0.05, 0) is 38.0 Å². The summed E-state index contributed by atoms with van der Waals surface area (Å²) < 4.78 is 6.71. The first-order valence-corrected chi connectivity index (χ1v) is 8.08. The van der Waals surface area contributed by atoms with E-state index in [1.54, 1.807) is 0 Å². The molecule has 1 aliphatic carbocycles. The van der Waals surface area contributed by atoms with Crippen LogP contribution in [0.3, 0.4) is 0 Å². The Morgan fingerprint density at radius 1 is 1.06 bits per heavy atom. The standard InChI is InChI=1S/C16H31NO/c1-4-14-8-7-10-16(11-9-14)13-17-12-15(5-2,6-3)18-16/h14,17H,4-13H2,1-3H3. The molecule has 106 valence electrons. The van der Waals surface area contributed by atoms with Crippen molar-refractivity contribution in [1.29, 1.82) is 0 Å². The molecule has 0 bridgehead atoms. The lowest BCUT2D eigenvalue weighted by Crippen LogP contribution is -2.59. The van der Waals surface area contributed by atoms with Gasteiger partial charge in [0.1, 0.15) is 0 Å². The second-order valence-electron chi connectivity index (χ2n) is 6.48. The van der Waals surface area contributed by atoms with Gasteiger partial charge in [-0.15, -0.1) is 0 Å². The van der Waals surface area contributed by atoms with Crippen molar-refractivity contribution >= 4 is 0 Å². The van der Waals surface area contributed by atoms with Gasteiger partial charge in [0, 0.05) is 13.1 Å². The van der Waals surface area contributed by atoms with E-state index in [1.165, 1.54) is 38.5 Å². The Hall–Kier alpha value is -0.0800. The molecular formula is C16H31NO. The summed E-state index contributed by atoms with van der Waals surface area (Å²) in [7, 11) is 0. The summed E-state index contributed by atoms with van der Waals surface area (Å²) in [4.78, 5) is 0. The lowest BCUT2D eigenvalue weighted by atomic mass is 9.86. The summed E-state index contributed by atoms with van der Waals surface area (Å²) in [6.45, 7) is 9.00. The van der Waals surface area contributed by atoms with E-state index in [9.17, 15) is 0 Å². The fraction of sp³-hybridized carbons (Fsp3) is 1.00. The highest BCUT2D eigenvalue weighted by molar-refractivity contribution is 4.97. The quantitative estimate of drug-likeness (QED) is 0.824. The lowest BCUT2D eigenvalue weighted by molar-refractivity contribution is -0.187. The predicted octanol–water partition coefficient (Wildman–Crippen LogP) is 3.89. The Kier molecular flexibility index (Phi) is 4.71. The van der Waals surface area contributed by atoms with Gasteiger partial charge in [0.15, 0.2) is 0 Å². The molecule has 0 aromatic rings. The predicted molar refractivity (Wildman–Crippen MR) is 76.9 cm³/mol. The first kappa shape index (κ1) is 14.3. The minimum absolute atomic E-state index is 0.101. The highest BCUT2D eigenvalue weighted by Crippen LogP contribution is 2.40. The van der Waals surface area contributed by atoms with Gasteiger partial charge < -0.3 is 10.1 Å². The Morgan fingerprint density at radius 3 is 2.50 bits per heavy atom. The third-order valence-corrected chi connectivity index (χ3v) is 5.45. The molecule has 0 aromatic carbocycles. The van der Waals surface area contributed by atoms with Crippen molar-refractivity contribution < 1.29 is 4.74 Å². The molecule has 2 atom stereocenters. The fourth-order valence-corrected chi connectivity index (χ4v) is 3.83. The zero-order chi connectivity index (χ0) is 13.1. The van der Waals surface area contributed by atoms with Gasteiger partial charge >= 0.3 is 0 Å². The smallest absolute Gasteiger partial charge is 0.0814 e. The highest BCUT2D eigenvalue weighted by Gasteiger charge is 2.44. The molecule has 1 N–H and O–H groups in total. The molecule has 1 saturated carbocycles. The molecule has 1 saturated heterocycles. The monoisotopic (exact) mass is 253 g/mol. The van der Waals surface area contributed by atoms with E-state index in [1.807, 2.05) is 0 Å². The van der Waals surface area contributed by atoms with Gasteiger partial charge in [-0.1, -0.05) is 40.0 Å². The van der Waals surface area contributed by atoms with Crippen LogP contribution >= 0.6 is 0 Å². The van der Waals surface area contributed by atoms with Gasteiger partial charge in [0.25, 0.3) is 0 Å². The first-order chi connectivity index (χ1) is 8.67. The molecule has 2 heteroatoms. The molecule has 2 unspecified atom stereocenters. The van der Waals surface area contributed by atoms with Crippen molar-refractivity contribution in [3.63, 3.8) is 0 Å². The molecule has 1 heterocycles. The van der Waals surface area contributed by atoms with E-state index in [-0.39, 0.29) is 11.2 Å². The van der Waals surface area contributed by atoms with Gasteiger partial charge in [0.2, 0.25) is 0 Å². The van der Waals surface area contributed by atoms with Crippen LogP contribution in [-0.2, 0) is 4.74 Å². The summed E-state index contributed by atoms with van der Waals surface area (Å²) in [5.74, 6) is 0.938. The Labute approximate surface area is 113 Å². The number of rotatable bonds is 3. The van der Waals surface area contributed by atoms with E-state index in [2.05, 4.69) is 26.1 Å². The molecule has 2 nitrogen and oxygen atoms in total. The van der Waals surface area contributed by atoms with Crippen LogP contribution in [-0.4, -0.2) is 24.3 Å². The molecule has 2 fully saturated rings. The van der Waals surface area contributed by atoms with Crippen LogP contribution in [0.1, 0.15) is 72.1 Å². The van der Waals surface area contributed by atoms with E-state index in [0.29, 0.717) is 0 Å². The van der Waals surface area contributed by atoms with Gasteiger partial charge in [0.05, 0.1) is 11.2 Å². The van der Waals surface area contributed by atoms with Crippen LogP contribution in [0, 0.1) is 5.92 Å². The number of ether oxygens (including phenoxy) is 1. The average molecular weight is 253 g/mol. The van der Waals surface area contributed by atoms with Gasteiger partial charge in [-0.2, -0.15) is 0 Å². The molecule has 1 aliphatic heterocycles. The maximum absolute atomic E-state index is 6.71. The molecule has 0 amide bonds. The topological polar surface area (TPSA) is 21.3 Å². The normalized spacial score (nSPS) is 36.5. The van der Waals surface area contributed by atoms with Crippen molar-refractivity contribution in [2.24, 2.45) is 5.92 Å². The molecule has 0 aromatic heterocycles. The van der Waals surface area contributed by atoms with Crippen molar-refractivity contribution in [1.82, 2.24) is 5.32 Å². The largest absolute Gasteiger partial charge is 0.366 e. The SMILES string of the molecule is CCC1CCCC2(CC1)CNCC(CC)(CC)O2. The summed E-state index contributed by atoms with van der Waals surface area (Å²) in [5, 5.41) is 3.67. The van der Waals surface area contributed by atoms with Gasteiger partial charge in [-0.3, -0.25) is 0 Å². The third kappa shape index (κ3) is 2.91. The fourth-order valence-electron chi connectivity index (χ4n) is 3.83. The summed E-state index contributed by atoms with van der Waals surface area (Å²) in [5.41, 5.74) is 0.249. The summed E-state index contributed by atoms with van der Waals surface area (Å²) in [6.07, 6.45) is 10.3. The summed E-state index contributed by atoms with van der Waals surface area (Å²) >= 11 is 0. The molecule has 0 radical (unpaired) electrons. The number of hydrogen-bond donors (Lipinski definition) is 1. The zero-order valence-electron chi connectivity index (χ0n) is 12.6. The summed E-state index contributed by atoms with van der Waals surface area (Å²) in [6, 6.07) is 0. The van der Waals surface area contributed by atoms with Crippen molar-refractivity contribution in [3.8, 4) is 0 Å². The minimum Gasteiger partial charge on any atom is -0.366 e. The van der Waals surface area contributed by atoms with Crippen molar-refractivity contribution in [3.05, 3.63) is 0 Å². The zero-order valence-corrected chi connectivity index (χ0v) is 12.6. The maximum atomic E-state index is 6.71. The average Bonchev–Trinajstić information content (AvgIpc) is 2.61. The van der Waals surface area contributed by atoms with Crippen LogP contribution in [0.4, 0.5) is 0 Å². The van der Waals surface area contributed by atoms with Crippen molar-refractivity contribution in [2.45, 2.75) is 83.3 Å². The Balaban J connectivity index is 2.06. The number of hydrogen-bond acceptors (Lipinski definition) is 2. The van der Waals surface area contributed by atoms with E-state index < -0.39 is 0 Å². The lowest BCUT2D eigenvalue weighted by Gasteiger charge is -2.48. The molecule has 18 heavy (non-hydrogen) atoms. The molecular weight excluding hydrogens is 222 g/mol. The van der Waals surface area contributed by atoms with Crippen LogP contribution < -0.4 is 5.32 Å². The maximum Gasteiger partial charge on any atom is 0.0814 e. The Morgan fingerprint density at radius 2 is 1.83 bits per heavy atom. The molecule has 1 spiro atoms. The number of nitrogens with one attached hydrogen (secondary N) is 1. The highest BCUT2D eigenvalue weighted by atomic mass is 16.5. The molecule has 2 aliphatic rings. The van der Waals surface area contributed by atoms with E-state index in [4.69, 9.17) is 4.74 Å². The molecule has 2 rings (SSSR count). The second kappa shape index (κ2) is 5.92.